The molecule has 2 N–H and O–H groups in total. The number of nitrogens with two attached hydrogens (primary N) is 1. The van der Waals surface area contributed by atoms with Gasteiger partial charge in [0.05, 0.1) is 25.4 Å². The minimum absolute atomic E-state index is 0.112. The second kappa shape index (κ2) is 7.68. The van der Waals surface area contributed by atoms with Crippen LogP contribution < -0.4 is 5.73 Å². The highest BCUT2D eigenvalue weighted by atomic mass is 28.4. The lowest BCUT2D eigenvalue weighted by Gasteiger charge is -2.37. The molecule has 0 fully saturated rings. The largest absolute Gasteiger partial charge is 0.415 e. The van der Waals surface area contributed by atoms with Crippen molar-refractivity contribution in [3.63, 3.8) is 0 Å². The van der Waals surface area contributed by atoms with Gasteiger partial charge in [-0.15, -0.1) is 0 Å². The predicted octanol–water partition coefficient (Wildman–Crippen LogP) is 4.25. The standard InChI is InChI=1S/C17H30FNO2Si/c1-13(14-7-9-15(18)10-8-14)20-11-16(19)12-21-22(5,6)17(2,3)4/h7-10,13,16H,11-12,19H2,1-6H3/t13-,16+/m0/s1. The average molecular weight is 328 g/mol. The molecule has 0 saturated carbocycles. The third kappa shape index (κ3) is 5.80. The first-order valence-corrected chi connectivity index (χ1v) is 10.7. The first-order chi connectivity index (χ1) is 10.0. The van der Waals surface area contributed by atoms with Crippen LogP contribution in [0.25, 0.3) is 0 Å². The van der Waals surface area contributed by atoms with E-state index in [0.29, 0.717) is 13.2 Å². The van der Waals surface area contributed by atoms with Gasteiger partial charge in [0.2, 0.25) is 0 Å². The van der Waals surface area contributed by atoms with Crippen molar-refractivity contribution in [3.8, 4) is 0 Å². The zero-order valence-corrected chi connectivity index (χ0v) is 15.7. The molecule has 0 bridgehead atoms. The molecule has 0 spiro atoms. The van der Waals surface area contributed by atoms with Crippen molar-refractivity contribution < 1.29 is 13.6 Å². The van der Waals surface area contributed by atoms with E-state index >= 15 is 0 Å². The maximum Gasteiger partial charge on any atom is 0.192 e. The molecule has 22 heavy (non-hydrogen) atoms. The summed E-state index contributed by atoms with van der Waals surface area (Å²) < 4.78 is 24.8. The molecule has 0 radical (unpaired) electrons. The smallest absolute Gasteiger partial charge is 0.192 e. The van der Waals surface area contributed by atoms with E-state index < -0.39 is 8.32 Å². The van der Waals surface area contributed by atoms with E-state index in [1.54, 1.807) is 12.1 Å². The summed E-state index contributed by atoms with van der Waals surface area (Å²) in [4.78, 5) is 0. The summed E-state index contributed by atoms with van der Waals surface area (Å²) in [6, 6.07) is 6.19. The van der Waals surface area contributed by atoms with E-state index in [1.165, 1.54) is 12.1 Å². The normalized spacial score (nSPS) is 15.6. The van der Waals surface area contributed by atoms with Gasteiger partial charge in [-0.3, -0.25) is 0 Å². The van der Waals surface area contributed by atoms with Gasteiger partial charge in [0.1, 0.15) is 5.82 Å². The van der Waals surface area contributed by atoms with E-state index in [9.17, 15) is 4.39 Å². The third-order valence-corrected chi connectivity index (χ3v) is 8.86. The van der Waals surface area contributed by atoms with Gasteiger partial charge < -0.3 is 14.9 Å². The van der Waals surface area contributed by atoms with Crippen molar-refractivity contribution in [1.29, 1.82) is 0 Å². The van der Waals surface area contributed by atoms with Gasteiger partial charge >= 0.3 is 0 Å². The molecule has 0 heterocycles. The number of benzene rings is 1. The Labute approximate surface area is 135 Å². The summed E-state index contributed by atoms with van der Waals surface area (Å²) >= 11 is 0. The summed E-state index contributed by atoms with van der Waals surface area (Å²) in [5, 5.41) is 0.176. The van der Waals surface area contributed by atoms with Crippen LogP contribution >= 0.6 is 0 Å². The molecular formula is C17H30FNO2Si. The highest BCUT2D eigenvalue weighted by Crippen LogP contribution is 2.36. The zero-order valence-electron chi connectivity index (χ0n) is 14.7. The van der Waals surface area contributed by atoms with Gasteiger partial charge in [-0.05, 0) is 42.8 Å². The molecule has 5 heteroatoms. The molecule has 0 saturated heterocycles. The monoisotopic (exact) mass is 327 g/mol. The van der Waals surface area contributed by atoms with Crippen molar-refractivity contribution >= 4 is 8.32 Å². The molecule has 0 aliphatic rings. The van der Waals surface area contributed by atoms with Crippen LogP contribution in [0.5, 0.6) is 0 Å². The minimum atomic E-state index is -1.77. The molecular weight excluding hydrogens is 297 g/mol. The first-order valence-electron chi connectivity index (χ1n) is 7.79. The molecule has 3 nitrogen and oxygen atoms in total. The van der Waals surface area contributed by atoms with Crippen molar-refractivity contribution in [1.82, 2.24) is 0 Å². The van der Waals surface area contributed by atoms with Crippen LogP contribution in [-0.2, 0) is 9.16 Å². The fourth-order valence-electron chi connectivity index (χ4n) is 1.68. The Morgan fingerprint density at radius 2 is 1.68 bits per heavy atom. The van der Waals surface area contributed by atoms with Gasteiger partial charge in [0, 0.05) is 0 Å². The fourth-order valence-corrected chi connectivity index (χ4v) is 2.74. The summed E-state index contributed by atoms with van der Waals surface area (Å²) in [6.07, 6.45) is -0.112. The molecule has 0 amide bonds. The number of rotatable bonds is 7. The second-order valence-corrected chi connectivity index (χ2v) is 12.2. The second-order valence-electron chi connectivity index (χ2n) is 7.36. The average Bonchev–Trinajstić information content (AvgIpc) is 2.42. The summed E-state index contributed by atoms with van der Waals surface area (Å²) in [5.41, 5.74) is 7.03. The zero-order chi connectivity index (χ0) is 17.0. The van der Waals surface area contributed by atoms with Gasteiger partial charge in [0.25, 0.3) is 0 Å². The number of hydrogen-bond donors (Lipinski definition) is 1. The summed E-state index contributed by atoms with van der Waals surface area (Å²) in [7, 11) is -1.77. The number of hydrogen-bond acceptors (Lipinski definition) is 3. The number of halogens is 1. The third-order valence-electron chi connectivity index (χ3n) is 4.36. The Hall–Kier alpha value is -0.753. The van der Waals surface area contributed by atoms with E-state index in [1.807, 2.05) is 6.92 Å². The highest BCUT2D eigenvalue weighted by Gasteiger charge is 2.37. The van der Waals surface area contributed by atoms with Crippen LogP contribution in [0.4, 0.5) is 4.39 Å². The van der Waals surface area contributed by atoms with Crippen LogP contribution in [0, 0.1) is 5.82 Å². The van der Waals surface area contributed by atoms with Crippen LogP contribution in [0.2, 0.25) is 18.1 Å². The predicted molar refractivity (Wildman–Crippen MR) is 91.9 cm³/mol. The molecule has 0 unspecified atom stereocenters. The Morgan fingerprint density at radius 3 is 2.18 bits per heavy atom. The Morgan fingerprint density at radius 1 is 1.14 bits per heavy atom. The number of ether oxygens (including phenoxy) is 1. The van der Waals surface area contributed by atoms with Crippen molar-refractivity contribution in [2.45, 2.75) is 58.0 Å². The lowest BCUT2D eigenvalue weighted by molar-refractivity contribution is 0.0458. The molecule has 1 aromatic rings. The van der Waals surface area contributed by atoms with Crippen LogP contribution in [0.3, 0.4) is 0 Å². The molecule has 1 rings (SSSR count). The molecule has 0 aromatic heterocycles. The molecule has 0 aliphatic carbocycles. The molecule has 2 atom stereocenters. The Kier molecular flexibility index (Phi) is 6.74. The van der Waals surface area contributed by atoms with Gasteiger partial charge in [-0.25, -0.2) is 4.39 Å². The SMILES string of the molecule is C[C@H](OC[C@@H](N)CO[Si](C)(C)C(C)(C)C)c1ccc(F)cc1. The van der Waals surface area contributed by atoms with E-state index in [-0.39, 0.29) is 23.0 Å². The summed E-state index contributed by atoms with van der Waals surface area (Å²) in [5.74, 6) is -0.240. The lowest BCUT2D eigenvalue weighted by Crippen LogP contribution is -2.45. The van der Waals surface area contributed by atoms with Crippen LogP contribution in [-0.4, -0.2) is 27.6 Å². The van der Waals surface area contributed by atoms with E-state index in [0.717, 1.165) is 5.56 Å². The molecule has 0 aliphatic heterocycles. The van der Waals surface area contributed by atoms with Gasteiger partial charge in [-0.2, -0.15) is 0 Å². The van der Waals surface area contributed by atoms with Crippen LogP contribution in [0.15, 0.2) is 24.3 Å². The summed E-state index contributed by atoms with van der Waals surface area (Å²) in [6.45, 7) is 13.9. The van der Waals surface area contributed by atoms with Gasteiger partial charge in [-0.1, -0.05) is 32.9 Å². The van der Waals surface area contributed by atoms with Crippen molar-refractivity contribution in [2.75, 3.05) is 13.2 Å². The maximum absolute atomic E-state index is 12.9. The Bertz CT molecular complexity index is 457. The van der Waals surface area contributed by atoms with E-state index in [2.05, 4.69) is 33.9 Å². The molecule has 1 aromatic carbocycles. The lowest BCUT2D eigenvalue weighted by atomic mass is 10.1. The molecule has 126 valence electrons. The topological polar surface area (TPSA) is 44.5 Å². The Balaban J connectivity index is 2.40. The quantitative estimate of drug-likeness (QED) is 0.761. The fraction of sp³-hybridized carbons (Fsp3) is 0.647. The van der Waals surface area contributed by atoms with Crippen molar-refractivity contribution in [3.05, 3.63) is 35.6 Å². The van der Waals surface area contributed by atoms with Crippen molar-refractivity contribution in [2.24, 2.45) is 5.73 Å². The highest BCUT2D eigenvalue weighted by molar-refractivity contribution is 6.74. The van der Waals surface area contributed by atoms with Crippen LogP contribution in [0.1, 0.15) is 39.4 Å². The maximum atomic E-state index is 12.9. The minimum Gasteiger partial charge on any atom is -0.415 e. The van der Waals surface area contributed by atoms with E-state index in [4.69, 9.17) is 14.9 Å². The first kappa shape index (κ1) is 19.3. The van der Waals surface area contributed by atoms with Gasteiger partial charge in [0.15, 0.2) is 8.32 Å².